The van der Waals surface area contributed by atoms with Crippen LogP contribution < -0.4 is 0 Å². The summed E-state index contributed by atoms with van der Waals surface area (Å²) in [5.74, 6) is -0.418. The predicted molar refractivity (Wildman–Crippen MR) is 269 cm³/mol. The number of ether oxygens (including phenoxy) is 2. The zero-order chi connectivity index (χ0) is 46.7. The Bertz CT molecular complexity index is 1320. The maximum Gasteiger partial charge on any atom is 0.472 e. The monoisotopic (exact) mass is 917 g/mol. The van der Waals surface area contributed by atoms with Crippen molar-refractivity contribution in [1.29, 1.82) is 0 Å². The predicted octanol–water partition coefficient (Wildman–Crippen LogP) is 14.8. The fourth-order valence-electron chi connectivity index (χ4n) is 6.45. The molecule has 3 atom stereocenters. The summed E-state index contributed by atoms with van der Waals surface area (Å²) < 4.78 is 33.5. The number of allylic oxidation sites excluding steroid dienone is 16. The Morgan fingerprint density at radius 2 is 0.891 bits per heavy atom. The molecule has 0 aromatic carbocycles. The van der Waals surface area contributed by atoms with Crippen LogP contribution in [0.4, 0.5) is 0 Å². The molecule has 368 valence electrons. The molecule has 0 aromatic rings. The second-order valence-corrected chi connectivity index (χ2v) is 17.9. The van der Waals surface area contributed by atoms with Gasteiger partial charge in [0.1, 0.15) is 12.2 Å². The lowest BCUT2D eigenvalue weighted by Crippen LogP contribution is -2.29. The van der Waals surface area contributed by atoms with Gasteiger partial charge in [-0.25, -0.2) is 4.57 Å². The maximum atomic E-state index is 12.7. The van der Waals surface area contributed by atoms with E-state index in [1.807, 2.05) is 0 Å². The van der Waals surface area contributed by atoms with Gasteiger partial charge in [-0.1, -0.05) is 188 Å². The number of carbonyl (C=O) groups excluding carboxylic acids is 1. The lowest BCUT2D eigenvalue weighted by molar-refractivity contribution is -0.154. The van der Waals surface area contributed by atoms with E-state index in [1.165, 1.54) is 77.0 Å². The zero-order valence-corrected chi connectivity index (χ0v) is 41.4. The van der Waals surface area contributed by atoms with E-state index in [0.29, 0.717) is 13.0 Å². The Hall–Kier alpha value is -2.62. The Balaban J connectivity index is 4.17. The van der Waals surface area contributed by atoms with E-state index in [1.54, 1.807) is 0 Å². The molecule has 0 spiro atoms. The number of hydrogen-bond donors (Lipinski definition) is 3. The quantitative estimate of drug-likeness (QED) is 0.0236. The number of carbonyl (C=O) groups is 1. The Labute approximate surface area is 391 Å². The highest BCUT2D eigenvalue weighted by atomic mass is 31.2. The van der Waals surface area contributed by atoms with Gasteiger partial charge in [0, 0.05) is 13.0 Å². The fourth-order valence-corrected chi connectivity index (χ4v) is 7.24. The number of phosphoric acid groups is 1. The van der Waals surface area contributed by atoms with Crippen LogP contribution in [0.25, 0.3) is 0 Å². The Morgan fingerprint density at radius 3 is 1.34 bits per heavy atom. The smallest absolute Gasteiger partial charge is 0.457 e. The van der Waals surface area contributed by atoms with Crippen LogP contribution >= 0.6 is 7.82 Å². The van der Waals surface area contributed by atoms with Gasteiger partial charge < -0.3 is 24.6 Å². The number of phosphoric ester groups is 1. The van der Waals surface area contributed by atoms with E-state index >= 15 is 0 Å². The van der Waals surface area contributed by atoms with Crippen molar-refractivity contribution in [2.75, 3.05) is 33.0 Å². The number of esters is 1. The van der Waals surface area contributed by atoms with E-state index in [4.69, 9.17) is 23.6 Å². The van der Waals surface area contributed by atoms with Crippen molar-refractivity contribution in [1.82, 2.24) is 0 Å². The maximum absolute atomic E-state index is 12.7. The zero-order valence-electron chi connectivity index (χ0n) is 40.5. The van der Waals surface area contributed by atoms with Crippen molar-refractivity contribution in [2.45, 2.75) is 206 Å². The highest BCUT2D eigenvalue weighted by Gasteiger charge is 2.26. The van der Waals surface area contributed by atoms with Crippen LogP contribution in [0.1, 0.15) is 194 Å². The first-order valence-corrected chi connectivity index (χ1v) is 26.7. The molecule has 10 heteroatoms. The van der Waals surface area contributed by atoms with Crippen molar-refractivity contribution in [2.24, 2.45) is 0 Å². The molecule has 0 aliphatic carbocycles. The lowest BCUT2D eigenvalue weighted by Gasteiger charge is -2.20. The molecule has 0 fully saturated rings. The van der Waals surface area contributed by atoms with Gasteiger partial charge in [0.15, 0.2) is 0 Å². The van der Waals surface area contributed by atoms with Gasteiger partial charge in [-0.2, -0.15) is 0 Å². The second-order valence-electron chi connectivity index (χ2n) is 16.4. The van der Waals surface area contributed by atoms with Crippen molar-refractivity contribution in [3.8, 4) is 0 Å². The second kappa shape index (κ2) is 49.8. The van der Waals surface area contributed by atoms with Crippen molar-refractivity contribution in [3.05, 3.63) is 97.2 Å². The number of aliphatic hydroxyl groups excluding tert-OH is 2. The van der Waals surface area contributed by atoms with E-state index in [-0.39, 0.29) is 13.0 Å². The Kier molecular flexibility index (Phi) is 47.8. The summed E-state index contributed by atoms with van der Waals surface area (Å²) in [5.41, 5.74) is 0. The van der Waals surface area contributed by atoms with Crippen molar-refractivity contribution in [3.63, 3.8) is 0 Å². The summed E-state index contributed by atoms with van der Waals surface area (Å²) in [6, 6.07) is 0. The fraction of sp³-hybridized carbons (Fsp3) is 0.685. The third-order valence-corrected chi connectivity index (χ3v) is 11.2. The highest BCUT2D eigenvalue weighted by molar-refractivity contribution is 7.47. The molecule has 0 radical (unpaired) electrons. The molecule has 0 rings (SSSR count). The SMILES string of the molecule is CC/C=C\C/C=C\C/C=C\C/C=C\C/C=C\CCCCCC(=O)OC(COCCCCCCCCCCC/C=C\C/C=C\C/C=C\CCCCCCC)COP(=O)(O)OCC(O)CO. The summed E-state index contributed by atoms with van der Waals surface area (Å²) in [4.78, 5) is 22.7. The third kappa shape index (κ3) is 48.8. The number of unbranched alkanes of at least 4 members (excludes halogenated alkanes) is 17. The summed E-state index contributed by atoms with van der Waals surface area (Å²) in [5, 5.41) is 18.4. The van der Waals surface area contributed by atoms with Crippen LogP contribution in [0, 0.1) is 0 Å². The molecule has 64 heavy (non-hydrogen) atoms. The van der Waals surface area contributed by atoms with Gasteiger partial charge >= 0.3 is 13.8 Å². The molecule has 0 saturated carbocycles. The lowest BCUT2D eigenvalue weighted by atomic mass is 10.1. The van der Waals surface area contributed by atoms with Gasteiger partial charge in [-0.15, -0.1) is 0 Å². The van der Waals surface area contributed by atoms with E-state index in [0.717, 1.165) is 89.9 Å². The van der Waals surface area contributed by atoms with E-state index in [2.05, 4.69) is 111 Å². The minimum absolute atomic E-state index is 0.0257. The van der Waals surface area contributed by atoms with Gasteiger partial charge in [0.25, 0.3) is 0 Å². The average Bonchev–Trinajstić information content (AvgIpc) is 3.29. The first-order valence-electron chi connectivity index (χ1n) is 25.2. The molecule has 0 saturated heterocycles. The topological polar surface area (TPSA) is 132 Å². The minimum atomic E-state index is -4.54. The summed E-state index contributed by atoms with van der Waals surface area (Å²) in [6.07, 6.45) is 63.7. The molecule has 0 bridgehead atoms. The van der Waals surface area contributed by atoms with Crippen LogP contribution in [-0.4, -0.2) is 66.3 Å². The molecular formula is C54H93O9P. The minimum Gasteiger partial charge on any atom is -0.457 e. The van der Waals surface area contributed by atoms with Gasteiger partial charge in [-0.05, 0) is 96.3 Å². The summed E-state index contributed by atoms with van der Waals surface area (Å²) in [7, 11) is -4.54. The van der Waals surface area contributed by atoms with Crippen LogP contribution in [0.3, 0.4) is 0 Å². The average molecular weight is 917 g/mol. The van der Waals surface area contributed by atoms with Crippen LogP contribution in [-0.2, 0) is 27.9 Å². The number of hydrogen-bond acceptors (Lipinski definition) is 8. The normalized spacial score (nSPS) is 14.6. The van der Waals surface area contributed by atoms with Gasteiger partial charge in [-0.3, -0.25) is 13.8 Å². The van der Waals surface area contributed by atoms with Gasteiger partial charge in [0.2, 0.25) is 0 Å². The number of rotatable bonds is 47. The van der Waals surface area contributed by atoms with Crippen LogP contribution in [0.15, 0.2) is 97.2 Å². The summed E-state index contributed by atoms with van der Waals surface area (Å²) >= 11 is 0. The Morgan fingerprint density at radius 1 is 0.500 bits per heavy atom. The number of aliphatic hydroxyl groups is 2. The first kappa shape index (κ1) is 61.4. The van der Waals surface area contributed by atoms with Crippen molar-refractivity contribution >= 4 is 13.8 Å². The van der Waals surface area contributed by atoms with Crippen LogP contribution in [0.5, 0.6) is 0 Å². The standard InChI is InChI=1S/C54H93O9P/c1-3-5-7-9-11-13-15-17-19-21-23-24-25-26-27-29-31-33-35-37-39-41-43-45-47-60-50-53(51-62-64(58,59)61-49-52(56)48-55)63-54(57)46-44-42-40-38-36-34-32-30-28-22-20-18-16-14-12-10-8-6-4-2/h6,8,12,14-15,17-18,20-21,23,25-26,28,30,34,36,52-53,55-56H,3-5,7,9-11,13,16,19,22,24,27,29,31-33,35,37-51H2,1-2H3,(H,58,59)/b8-6-,14-12-,17-15-,20-18-,23-21-,26-25-,30-28-,36-34-. The third-order valence-electron chi connectivity index (χ3n) is 10.3. The largest absolute Gasteiger partial charge is 0.472 e. The summed E-state index contributed by atoms with van der Waals surface area (Å²) in [6.45, 7) is 3.32. The molecule has 3 N–H and O–H groups in total. The highest BCUT2D eigenvalue weighted by Crippen LogP contribution is 2.43. The first-order chi connectivity index (χ1) is 31.3. The van der Waals surface area contributed by atoms with Gasteiger partial charge in [0.05, 0.1) is 26.4 Å². The molecule has 0 amide bonds. The molecule has 0 aliphatic heterocycles. The molecular weight excluding hydrogens is 824 g/mol. The van der Waals surface area contributed by atoms with Crippen molar-refractivity contribution < 1.29 is 43.0 Å². The molecule has 3 unspecified atom stereocenters. The molecule has 0 heterocycles. The molecule has 9 nitrogen and oxygen atoms in total. The molecule has 0 aromatic heterocycles. The van der Waals surface area contributed by atoms with E-state index in [9.17, 15) is 19.4 Å². The molecule has 0 aliphatic rings. The van der Waals surface area contributed by atoms with Crippen LogP contribution in [0.2, 0.25) is 0 Å². The van der Waals surface area contributed by atoms with E-state index < -0.39 is 45.8 Å².